The topological polar surface area (TPSA) is 46.9 Å². The summed E-state index contributed by atoms with van der Waals surface area (Å²) in [6.07, 6.45) is 6.79. The van der Waals surface area contributed by atoms with Crippen LogP contribution in [0.2, 0.25) is 0 Å². The Morgan fingerprint density at radius 1 is 1.29 bits per heavy atom. The zero-order valence-corrected chi connectivity index (χ0v) is 15.9. The van der Waals surface area contributed by atoms with Crippen molar-refractivity contribution < 1.29 is 4.79 Å². The molecule has 0 aliphatic heterocycles. The third kappa shape index (κ3) is 3.89. The largest absolute Gasteiger partial charge is 0.310 e. The minimum absolute atomic E-state index is 0.0864. The summed E-state index contributed by atoms with van der Waals surface area (Å²) >= 11 is 3.46. The predicted octanol–water partition coefficient (Wildman–Crippen LogP) is 5.07. The van der Waals surface area contributed by atoms with Crippen molar-refractivity contribution in [3.8, 4) is 11.1 Å². The summed E-state index contributed by atoms with van der Waals surface area (Å²) < 4.78 is 2.80. The van der Waals surface area contributed by atoms with Gasteiger partial charge in [0.15, 0.2) is 0 Å². The Morgan fingerprint density at radius 3 is 2.62 bits per heavy atom. The Hall–Kier alpha value is -1.62. The lowest BCUT2D eigenvalue weighted by Crippen LogP contribution is -2.15. The highest BCUT2D eigenvalue weighted by Crippen LogP contribution is 2.32. The first kappa shape index (κ1) is 17.2. The van der Waals surface area contributed by atoms with Crippen LogP contribution in [0.3, 0.4) is 0 Å². The molecule has 1 fully saturated rings. The smallest absolute Gasteiger partial charge is 0.225 e. The van der Waals surface area contributed by atoms with E-state index in [4.69, 9.17) is 0 Å². The maximum atomic E-state index is 12.4. The second-order valence-corrected chi connectivity index (χ2v) is 7.59. The van der Waals surface area contributed by atoms with Crippen LogP contribution in [-0.2, 0) is 11.8 Å². The number of carbonyl (C=O) groups excluding carboxylic acids is 1. The summed E-state index contributed by atoms with van der Waals surface area (Å²) in [5, 5.41) is 7.58. The van der Waals surface area contributed by atoms with Crippen molar-refractivity contribution in [2.75, 3.05) is 5.32 Å². The average molecular weight is 390 g/mol. The van der Waals surface area contributed by atoms with Gasteiger partial charge in [-0.15, -0.1) is 0 Å². The number of hydrogen-bond donors (Lipinski definition) is 1. The molecule has 24 heavy (non-hydrogen) atoms. The second-order valence-electron chi connectivity index (χ2n) is 6.68. The van der Waals surface area contributed by atoms with E-state index in [0.717, 1.165) is 39.5 Å². The van der Waals surface area contributed by atoms with Crippen LogP contribution in [-0.4, -0.2) is 15.7 Å². The van der Waals surface area contributed by atoms with Crippen molar-refractivity contribution in [2.24, 2.45) is 13.0 Å². The van der Waals surface area contributed by atoms with Crippen molar-refractivity contribution in [3.05, 3.63) is 34.4 Å². The summed E-state index contributed by atoms with van der Waals surface area (Å²) in [6.45, 7) is 1.98. The Labute approximate surface area is 151 Å². The van der Waals surface area contributed by atoms with Gasteiger partial charge in [0.05, 0.1) is 5.69 Å². The molecule has 0 spiro atoms. The van der Waals surface area contributed by atoms with Gasteiger partial charge in [0.25, 0.3) is 0 Å². The normalized spacial score (nSPS) is 15.0. The summed E-state index contributed by atoms with van der Waals surface area (Å²) in [5.41, 5.74) is 2.99. The number of amides is 1. The number of aryl methyl sites for hydroxylation is 2. The number of aromatic nitrogens is 2. The van der Waals surface area contributed by atoms with Crippen LogP contribution in [0, 0.1) is 12.8 Å². The quantitative estimate of drug-likeness (QED) is 0.775. The van der Waals surface area contributed by atoms with E-state index >= 15 is 0 Å². The Kier molecular flexibility index (Phi) is 5.39. The van der Waals surface area contributed by atoms with Crippen LogP contribution in [0.4, 0.5) is 5.82 Å². The number of anilines is 1. The molecule has 3 rings (SSSR count). The van der Waals surface area contributed by atoms with E-state index in [1.165, 1.54) is 25.7 Å². The fourth-order valence-electron chi connectivity index (χ4n) is 3.59. The van der Waals surface area contributed by atoms with Gasteiger partial charge in [0.2, 0.25) is 5.91 Å². The number of benzene rings is 1. The van der Waals surface area contributed by atoms with Gasteiger partial charge in [0.1, 0.15) is 5.82 Å². The summed E-state index contributed by atoms with van der Waals surface area (Å²) in [7, 11) is 1.88. The van der Waals surface area contributed by atoms with E-state index in [2.05, 4.69) is 26.3 Å². The highest BCUT2D eigenvalue weighted by atomic mass is 79.9. The van der Waals surface area contributed by atoms with Gasteiger partial charge in [-0.05, 0) is 37.0 Å². The molecule has 1 heterocycles. The number of nitrogens with zero attached hydrogens (tertiary/aromatic N) is 2. The van der Waals surface area contributed by atoms with Gasteiger partial charge in [-0.1, -0.05) is 53.7 Å². The number of nitrogens with one attached hydrogen (secondary N) is 1. The van der Waals surface area contributed by atoms with E-state index in [0.29, 0.717) is 6.42 Å². The molecule has 2 aromatic rings. The molecule has 0 unspecified atom stereocenters. The molecule has 0 atom stereocenters. The van der Waals surface area contributed by atoms with E-state index in [1.807, 2.05) is 38.2 Å². The lowest BCUT2D eigenvalue weighted by molar-refractivity contribution is -0.116. The third-order valence-electron chi connectivity index (χ3n) is 4.87. The highest BCUT2D eigenvalue weighted by Gasteiger charge is 2.19. The van der Waals surface area contributed by atoms with Crippen molar-refractivity contribution >= 4 is 27.7 Å². The first-order chi connectivity index (χ1) is 11.5. The van der Waals surface area contributed by atoms with Crippen LogP contribution in [0.1, 0.15) is 44.2 Å². The lowest BCUT2D eigenvalue weighted by atomic mass is 10.0. The van der Waals surface area contributed by atoms with Crippen molar-refractivity contribution in [3.63, 3.8) is 0 Å². The monoisotopic (exact) mass is 389 g/mol. The van der Waals surface area contributed by atoms with Crippen molar-refractivity contribution in [1.82, 2.24) is 9.78 Å². The summed E-state index contributed by atoms with van der Waals surface area (Å²) in [5.74, 6) is 1.60. The summed E-state index contributed by atoms with van der Waals surface area (Å²) in [4.78, 5) is 12.4. The molecule has 1 aromatic carbocycles. The number of rotatable bonds is 5. The minimum Gasteiger partial charge on any atom is -0.310 e. The lowest BCUT2D eigenvalue weighted by Gasteiger charge is -2.11. The average Bonchev–Trinajstić information content (AvgIpc) is 3.15. The predicted molar refractivity (Wildman–Crippen MR) is 101 cm³/mol. The van der Waals surface area contributed by atoms with Crippen molar-refractivity contribution in [2.45, 2.75) is 45.4 Å². The van der Waals surface area contributed by atoms with E-state index < -0.39 is 0 Å². The van der Waals surface area contributed by atoms with E-state index in [9.17, 15) is 4.79 Å². The van der Waals surface area contributed by atoms with E-state index in [1.54, 1.807) is 4.68 Å². The Balaban J connectivity index is 1.75. The maximum Gasteiger partial charge on any atom is 0.225 e. The number of hydrogen-bond acceptors (Lipinski definition) is 2. The van der Waals surface area contributed by atoms with Crippen LogP contribution in [0.25, 0.3) is 11.1 Å². The van der Waals surface area contributed by atoms with Gasteiger partial charge in [-0.3, -0.25) is 9.48 Å². The molecule has 1 saturated carbocycles. The van der Waals surface area contributed by atoms with Gasteiger partial charge in [-0.2, -0.15) is 5.10 Å². The Morgan fingerprint density at radius 2 is 1.96 bits per heavy atom. The fourth-order valence-corrected chi connectivity index (χ4v) is 3.86. The van der Waals surface area contributed by atoms with E-state index in [-0.39, 0.29) is 5.91 Å². The standard InChI is InChI=1S/C19H24BrN3O/c1-13-18(15-8-10-16(20)11-9-15)19(23(2)22-13)21-17(24)12-7-14-5-3-4-6-14/h8-11,14H,3-7,12H2,1-2H3,(H,21,24). The summed E-state index contributed by atoms with van der Waals surface area (Å²) in [6, 6.07) is 8.10. The highest BCUT2D eigenvalue weighted by molar-refractivity contribution is 9.10. The zero-order valence-electron chi connectivity index (χ0n) is 14.3. The number of carbonyl (C=O) groups is 1. The third-order valence-corrected chi connectivity index (χ3v) is 5.40. The van der Waals surface area contributed by atoms with Crippen LogP contribution in [0.15, 0.2) is 28.7 Å². The molecule has 1 aromatic heterocycles. The SMILES string of the molecule is Cc1nn(C)c(NC(=O)CCC2CCCC2)c1-c1ccc(Br)cc1. The molecule has 4 nitrogen and oxygen atoms in total. The molecule has 1 aliphatic carbocycles. The van der Waals surface area contributed by atoms with Crippen LogP contribution in [0.5, 0.6) is 0 Å². The molecular weight excluding hydrogens is 366 g/mol. The molecule has 128 valence electrons. The van der Waals surface area contributed by atoms with Crippen molar-refractivity contribution in [1.29, 1.82) is 0 Å². The Bertz CT molecular complexity index is 715. The van der Waals surface area contributed by atoms with Gasteiger partial charge >= 0.3 is 0 Å². The van der Waals surface area contributed by atoms with Crippen LogP contribution >= 0.6 is 15.9 Å². The van der Waals surface area contributed by atoms with Crippen LogP contribution < -0.4 is 5.32 Å². The van der Waals surface area contributed by atoms with Gasteiger partial charge < -0.3 is 5.32 Å². The molecule has 0 bridgehead atoms. The molecule has 5 heteroatoms. The first-order valence-corrected chi connectivity index (χ1v) is 9.43. The first-order valence-electron chi connectivity index (χ1n) is 8.64. The fraction of sp³-hybridized carbons (Fsp3) is 0.474. The second kappa shape index (κ2) is 7.51. The molecule has 1 aliphatic rings. The minimum atomic E-state index is 0.0864. The molecule has 0 radical (unpaired) electrons. The number of halogens is 1. The molecule has 1 amide bonds. The maximum absolute atomic E-state index is 12.4. The molecule has 0 saturated heterocycles. The zero-order chi connectivity index (χ0) is 17.1. The molecule has 1 N–H and O–H groups in total. The van der Waals surface area contributed by atoms with Gasteiger partial charge in [-0.25, -0.2) is 0 Å². The molecular formula is C19H24BrN3O. The van der Waals surface area contributed by atoms with Gasteiger partial charge in [0, 0.05) is 23.5 Å².